The van der Waals surface area contributed by atoms with Crippen molar-refractivity contribution in [2.75, 3.05) is 7.11 Å². The third-order valence-corrected chi connectivity index (χ3v) is 1.88. The van der Waals surface area contributed by atoms with Crippen molar-refractivity contribution in [3.05, 3.63) is 34.9 Å². The lowest BCUT2D eigenvalue weighted by atomic mass is 10.1. The molecule has 0 saturated heterocycles. The summed E-state index contributed by atoms with van der Waals surface area (Å²) < 4.78 is 4.62. The van der Waals surface area contributed by atoms with Crippen molar-refractivity contribution in [2.24, 2.45) is 10.9 Å². The molecule has 0 aliphatic rings. The minimum Gasteiger partial charge on any atom is -0.465 e. The van der Waals surface area contributed by atoms with E-state index in [0.29, 0.717) is 5.56 Å². The molecular weight excluding hydrogens is 180 g/mol. The highest BCUT2D eigenvalue weighted by molar-refractivity contribution is 5.92. The first-order valence-corrected chi connectivity index (χ1v) is 4.11. The molecule has 0 unspecified atom stereocenters. The van der Waals surface area contributed by atoms with Crippen LogP contribution in [0.4, 0.5) is 0 Å². The largest absolute Gasteiger partial charge is 0.465 e. The Labute approximate surface area is 82.4 Å². The van der Waals surface area contributed by atoms with Gasteiger partial charge in [0.15, 0.2) is 0 Å². The van der Waals surface area contributed by atoms with E-state index in [1.807, 2.05) is 13.0 Å². The lowest BCUT2D eigenvalue weighted by Gasteiger charge is -2.03. The molecule has 0 spiro atoms. The average molecular weight is 192 g/mol. The van der Waals surface area contributed by atoms with Gasteiger partial charge in [-0.15, -0.1) is 0 Å². The molecular formula is C10H12N2O2. The van der Waals surface area contributed by atoms with E-state index in [1.165, 1.54) is 13.3 Å². The highest BCUT2D eigenvalue weighted by Crippen LogP contribution is 2.10. The van der Waals surface area contributed by atoms with Gasteiger partial charge in [-0.3, -0.25) is 0 Å². The highest BCUT2D eigenvalue weighted by atomic mass is 16.5. The fourth-order valence-corrected chi connectivity index (χ4v) is 1.19. The summed E-state index contributed by atoms with van der Waals surface area (Å²) in [6, 6.07) is 5.27. The summed E-state index contributed by atoms with van der Waals surface area (Å²) in [6.07, 6.45) is 1.52. The third-order valence-electron chi connectivity index (χ3n) is 1.88. The van der Waals surface area contributed by atoms with Gasteiger partial charge in [-0.2, -0.15) is 5.10 Å². The first-order chi connectivity index (χ1) is 6.69. The SMILES string of the molecule is COC(=O)c1ccc(C=NN)cc1C. The molecule has 0 atom stereocenters. The minimum atomic E-state index is -0.335. The molecule has 74 valence electrons. The molecule has 4 nitrogen and oxygen atoms in total. The van der Waals surface area contributed by atoms with E-state index >= 15 is 0 Å². The number of carbonyl (C=O) groups excluding carboxylic acids is 1. The van der Waals surface area contributed by atoms with E-state index in [2.05, 4.69) is 9.84 Å². The van der Waals surface area contributed by atoms with Crippen LogP contribution in [0.2, 0.25) is 0 Å². The van der Waals surface area contributed by atoms with Crippen molar-refractivity contribution in [3.8, 4) is 0 Å². The summed E-state index contributed by atoms with van der Waals surface area (Å²) >= 11 is 0. The standard InChI is InChI=1S/C10H12N2O2/c1-7-5-8(6-12-11)3-4-9(7)10(13)14-2/h3-6H,11H2,1-2H3. The number of esters is 1. The smallest absolute Gasteiger partial charge is 0.338 e. The number of hydrogen-bond donors (Lipinski definition) is 1. The van der Waals surface area contributed by atoms with Crippen LogP contribution in [0.15, 0.2) is 23.3 Å². The number of ether oxygens (including phenoxy) is 1. The molecule has 4 heteroatoms. The van der Waals surface area contributed by atoms with E-state index in [4.69, 9.17) is 5.84 Å². The molecule has 1 aromatic rings. The fraction of sp³-hybridized carbons (Fsp3) is 0.200. The van der Waals surface area contributed by atoms with Crippen LogP contribution in [0.3, 0.4) is 0 Å². The van der Waals surface area contributed by atoms with Gasteiger partial charge in [-0.1, -0.05) is 6.07 Å². The zero-order chi connectivity index (χ0) is 10.6. The highest BCUT2D eigenvalue weighted by Gasteiger charge is 2.08. The van der Waals surface area contributed by atoms with E-state index in [0.717, 1.165) is 11.1 Å². The summed E-state index contributed by atoms with van der Waals surface area (Å²) in [7, 11) is 1.36. The number of nitrogens with zero attached hydrogens (tertiary/aromatic N) is 1. The molecule has 1 aromatic carbocycles. The van der Waals surface area contributed by atoms with Crippen LogP contribution < -0.4 is 5.84 Å². The molecule has 14 heavy (non-hydrogen) atoms. The van der Waals surface area contributed by atoms with Gasteiger partial charge < -0.3 is 10.6 Å². The Balaban J connectivity index is 3.07. The topological polar surface area (TPSA) is 64.7 Å². The van der Waals surface area contributed by atoms with E-state index < -0.39 is 0 Å². The van der Waals surface area contributed by atoms with E-state index in [-0.39, 0.29) is 5.97 Å². The van der Waals surface area contributed by atoms with Gasteiger partial charge in [0.25, 0.3) is 0 Å². The maximum absolute atomic E-state index is 11.2. The Hall–Kier alpha value is -1.84. The van der Waals surface area contributed by atoms with Gasteiger partial charge in [0, 0.05) is 0 Å². The maximum Gasteiger partial charge on any atom is 0.338 e. The first-order valence-electron chi connectivity index (χ1n) is 4.11. The van der Waals surface area contributed by atoms with Crippen molar-refractivity contribution >= 4 is 12.2 Å². The van der Waals surface area contributed by atoms with Crippen LogP contribution >= 0.6 is 0 Å². The molecule has 0 aliphatic heterocycles. The summed E-state index contributed by atoms with van der Waals surface area (Å²) in [4.78, 5) is 11.2. The van der Waals surface area contributed by atoms with Crippen LogP contribution in [0.1, 0.15) is 21.5 Å². The Morgan fingerprint density at radius 2 is 2.29 bits per heavy atom. The lowest BCUT2D eigenvalue weighted by Crippen LogP contribution is -2.04. The van der Waals surface area contributed by atoms with Crippen molar-refractivity contribution in [2.45, 2.75) is 6.92 Å². The molecule has 0 aliphatic carbocycles. The number of benzene rings is 1. The van der Waals surface area contributed by atoms with Crippen molar-refractivity contribution < 1.29 is 9.53 Å². The summed E-state index contributed by atoms with van der Waals surface area (Å²) in [5, 5.41) is 3.40. The first kappa shape index (κ1) is 10.2. The molecule has 0 radical (unpaired) electrons. The van der Waals surface area contributed by atoms with Crippen LogP contribution in [0.25, 0.3) is 0 Å². The molecule has 0 bridgehead atoms. The quantitative estimate of drug-likeness (QED) is 0.330. The number of hydrogen-bond acceptors (Lipinski definition) is 4. The number of rotatable bonds is 2. The van der Waals surface area contributed by atoms with Gasteiger partial charge in [0.05, 0.1) is 18.9 Å². The molecule has 0 aromatic heterocycles. The summed E-state index contributed by atoms with van der Waals surface area (Å²) in [5.41, 5.74) is 2.26. The maximum atomic E-state index is 11.2. The second kappa shape index (κ2) is 4.41. The zero-order valence-electron chi connectivity index (χ0n) is 8.15. The van der Waals surface area contributed by atoms with Gasteiger partial charge in [-0.05, 0) is 30.2 Å². The predicted molar refractivity (Wildman–Crippen MR) is 54.3 cm³/mol. The Morgan fingerprint density at radius 1 is 1.57 bits per heavy atom. The Bertz CT molecular complexity index is 372. The molecule has 2 N–H and O–H groups in total. The molecule has 1 rings (SSSR count). The predicted octanol–water partition coefficient (Wildman–Crippen LogP) is 1.07. The summed E-state index contributed by atoms with van der Waals surface area (Å²) in [6.45, 7) is 1.83. The molecule has 0 heterocycles. The van der Waals surface area contributed by atoms with Crippen LogP contribution in [-0.4, -0.2) is 19.3 Å². The number of carbonyl (C=O) groups is 1. The normalized spacial score (nSPS) is 10.4. The van der Waals surface area contributed by atoms with E-state index in [1.54, 1.807) is 12.1 Å². The second-order valence-electron chi connectivity index (χ2n) is 2.84. The number of nitrogens with two attached hydrogens (primary N) is 1. The van der Waals surface area contributed by atoms with Crippen molar-refractivity contribution in [1.29, 1.82) is 0 Å². The monoisotopic (exact) mass is 192 g/mol. The Kier molecular flexibility index (Phi) is 3.23. The van der Waals surface area contributed by atoms with Gasteiger partial charge >= 0.3 is 5.97 Å². The van der Waals surface area contributed by atoms with Gasteiger partial charge in [0.2, 0.25) is 0 Å². The van der Waals surface area contributed by atoms with E-state index in [9.17, 15) is 4.79 Å². The van der Waals surface area contributed by atoms with Gasteiger partial charge in [-0.25, -0.2) is 4.79 Å². The van der Waals surface area contributed by atoms with Gasteiger partial charge in [0.1, 0.15) is 0 Å². The number of methoxy groups -OCH3 is 1. The van der Waals surface area contributed by atoms with Crippen LogP contribution in [0.5, 0.6) is 0 Å². The third kappa shape index (κ3) is 2.10. The zero-order valence-corrected chi connectivity index (χ0v) is 8.15. The minimum absolute atomic E-state index is 0.335. The van der Waals surface area contributed by atoms with Crippen molar-refractivity contribution in [3.63, 3.8) is 0 Å². The number of hydrazone groups is 1. The molecule has 0 amide bonds. The Morgan fingerprint density at radius 3 is 2.79 bits per heavy atom. The molecule has 0 fully saturated rings. The van der Waals surface area contributed by atoms with Crippen molar-refractivity contribution in [1.82, 2.24) is 0 Å². The lowest BCUT2D eigenvalue weighted by molar-refractivity contribution is 0.0600. The fourth-order valence-electron chi connectivity index (χ4n) is 1.19. The second-order valence-corrected chi connectivity index (χ2v) is 2.84. The molecule has 0 saturated carbocycles. The average Bonchev–Trinajstić information content (AvgIpc) is 2.17. The number of aryl methyl sites for hydroxylation is 1. The van der Waals surface area contributed by atoms with Crippen LogP contribution in [0, 0.1) is 6.92 Å². The van der Waals surface area contributed by atoms with Crippen LogP contribution in [-0.2, 0) is 4.74 Å². The summed E-state index contributed by atoms with van der Waals surface area (Å²) in [5.74, 6) is 4.68.